The molecule has 5 heteroatoms. The van der Waals surface area contributed by atoms with Gasteiger partial charge in [-0.2, -0.15) is 4.98 Å². The number of aromatic nitrogens is 2. The van der Waals surface area contributed by atoms with Crippen molar-refractivity contribution in [3.05, 3.63) is 12.3 Å². The highest BCUT2D eigenvalue weighted by Crippen LogP contribution is 2.18. The van der Waals surface area contributed by atoms with Crippen LogP contribution in [-0.4, -0.2) is 15.6 Å². The molecule has 1 aromatic heterocycles. The average Bonchev–Trinajstić information content (AvgIpc) is 2.17. The molecule has 0 amide bonds. The molecule has 0 aromatic carbocycles. The Morgan fingerprint density at radius 2 is 2.29 bits per heavy atom. The summed E-state index contributed by atoms with van der Waals surface area (Å²) in [7, 11) is 0. The van der Waals surface area contributed by atoms with Crippen molar-refractivity contribution < 1.29 is 4.74 Å². The number of hydrogen-bond donors (Lipinski definition) is 2. The SMILES string of the molecule is CCC(C)(C)Oc1ccnc(NN)n1. The van der Waals surface area contributed by atoms with E-state index in [4.69, 9.17) is 10.6 Å². The van der Waals surface area contributed by atoms with Gasteiger partial charge in [-0.15, -0.1) is 0 Å². The van der Waals surface area contributed by atoms with Crippen LogP contribution < -0.4 is 16.0 Å². The van der Waals surface area contributed by atoms with Gasteiger partial charge < -0.3 is 4.74 Å². The van der Waals surface area contributed by atoms with E-state index in [1.807, 2.05) is 13.8 Å². The third-order valence-corrected chi connectivity index (χ3v) is 1.99. The van der Waals surface area contributed by atoms with Crippen LogP contribution in [0.15, 0.2) is 12.3 Å². The Hall–Kier alpha value is -1.36. The van der Waals surface area contributed by atoms with Crippen molar-refractivity contribution in [1.82, 2.24) is 9.97 Å². The number of nitrogen functional groups attached to an aromatic ring is 1. The van der Waals surface area contributed by atoms with Gasteiger partial charge in [0.05, 0.1) is 0 Å². The molecule has 1 aromatic rings. The van der Waals surface area contributed by atoms with Crippen LogP contribution in [-0.2, 0) is 0 Å². The van der Waals surface area contributed by atoms with Crippen LogP contribution in [0.5, 0.6) is 5.88 Å². The van der Waals surface area contributed by atoms with E-state index in [2.05, 4.69) is 22.3 Å². The molecule has 0 aliphatic carbocycles. The van der Waals surface area contributed by atoms with Crippen LogP contribution >= 0.6 is 0 Å². The zero-order valence-electron chi connectivity index (χ0n) is 8.74. The first kappa shape index (κ1) is 10.7. The fourth-order valence-electron chi connectivity index (χ4n) is 0.824. The standard InChI is InChI=1S/C9H16N4O/c1-4-9(2,3)14-7-5-6-11-8(12-7)13-10/h5-6H,4,10H2,1-3H3,(H,11,12,13). The molecule has 0 saturated carbocycles. The molecular weight excluding hydrogens is 180 g/mol. The highest BCUT2D eigenvalue weighted by Gasteiger charge is 2.17. The Morgan fingerprint density at radius 3 is 2.86 bits per heavy atom. The maximum atomic E-state index is 5.65. The van der Waals surface area contributed by atoms with Gasteiger partial charge in [-0.25, -0.2) is 10.8 Å². The third kappa shape index (κ3) is 2.85. The summed E-state index contributed by atoms with van der Waals surface area (Å²) in [5.41, 5.74) is 2.15. The highest BCUT2D eigenvalue weighted by molar-refractivity contribution is 5.25. The molecule has 14 heavy (non-hydrogen) atoms. The number of rotatable bonds is 4. The average molecular weight is 196 g/mol. The molecule has 1 rings (SSSR count). The first-order valence-corrected chi connectivity index (χ1v) is 4.56. The summed E-state index contributed by atoms with van der Waals surface area (Å²) < 4.78 is 5.65. The molecule has 0 aliphatic heterocycles. The maximum Gasteiger partial charge on any atom is 0.240 e. The first-order chi connectivity index (χ1) is 6.57. The van der Waals surface area contributed by atoms with Crippen molar-refractivity contribution in [3.8, 4) is 5.88 Å². The van der Waals surface area contributed by atoms with E-state index < -0.39 is 0 Å². The van der Waals surface area contributed by atoms with Crippen molar-refractivity contribution in [3.63, 3.8) is 0 Å². The lowest BCUT2D eigenvalue weighted by Crippen LogP contribution is -2.27. The van der Waals surface area contributed by atoms with E-state index in [0.29, 0.717) is 11.8 Å². The summed E-state index contributed by atoms with van der Waals surface area (Å²) in [5, 5.41) is 0. The molecule has 0 radical (unpaired) electrons. The van der Waals surface area contributed by atoms with Gasteiger partial charge in [0, 0.05) is 12.3 Å². The van der Waals surface area contributed by atoms with Crippen LogP contribution in [0.25, 0.3) is 0 Å². The molecule has 0 unspecified atom stereocenters. The van der Waals surface area contributed by atoms with Gasteiger partial charge >= 0.3 is 0 Å². The second-order valence-corrected chi connectivity index (χ2v) is 3.58. The molecule has 5 nitrogen and oxygen atoms in total. The van der Waals surface area contributed by atoms with Crippen LogP contribution in [0.4, 0.5) is 5.95 Å². The molecular formula is C9H16N4O. The predicted octanol–water partition coefficient (Wildman–Crippen LogP) is 1.33. The van der Waals surface area contributed by atoms with Crippen molar-refractivity contribution in [1.29, 1.82) is 0 Å². The molecule has 0 spiro atoms. The second-order valence-electron chi connectivity index (χ2n) is 3.58. The number of nitrogens with zero attached hydrogens (tertiary/aromatic N) is 2. The zero-order valence-corrected chi connectivity index (χ0v) is 8.74. The second kappa shape index (κ2) is 4.23. The van der Waals surface area contributed by atoms with Gasteiger partial charge in [-0.1, -0.05) is 6.92 Å². The van der Waals surface area contributed by atoms with Crippen molar-refractivity contribution in [2.24, 2.45) is 5.84 Å². The summed E-state index contributed by atoms with van der Waals surface area (Å²) in [6.45, 7) is 6.07. The third-order valence-electron chi connectivity index (χ3n) is 1.99. The zero-order chi connectivity index (χ0) is 10.6. The smallest absolute Gasteiger partial charge is 0.240 e. The molecule has 0 aliphatic rings. The number of nitrogens with one attached hydrogen (secondary N) is 1. The van der Waals surface area contributed by atoms with E-state index in [1.165, 1.54) is 0 Å². The summed E-state index contributed by atoms with van der Waals surface area (Å²) in [5.74, 6) is 6.07. The molecule has 0 bridgehead atoms. The van der Waals surface area contributed by atoms with Crippen LogP contribution in [0.3, 0.4) is 0 Å². The number of ether oxygens (including phenoxy) is 1. The fraction of sp³-hybridized carbons (Fsp3) is 0.556. The Balaban J connectivity index is 2.76. The summed E-state index contributed by atoms with van der Waals surface area (Å²) >= 11 is 0. The molecule has 0 fully saturated rings. The van der Waals surface area contributed by atoms with Gasteiger partial charge in [0.15, 0.2) is 0 Å². The lowest BCUT2D eigenvalue weighted by atomic mass is 10.1. The molecule has 0 saturated heterocycles. The first-order valence-electron chi connectivity index (χ1n) is 4.56. The number of hydrogen-bond acceptors (Lipinski definition) is 5. The minimum absolute atomic E-state index is 0.222. The molecule has 3 N–H and O–H groups in total. The summed E-state index contributed by atoms with van der Waals surface area (Å²) in [4.78, 5) is 7.94. The van der Waals surface area contributed by atoms with Gasteiger partial charge in [-0.05, 0) is 20.3 Å². The minimum Gasteiger partial charge on any atom is -0.472 e. The van der Waals surface area contributed by atoms with Gasteiger partial charge in [0.1, 0.15) is 5.60 Å². The van der Waals surface area contributed by atoms with E-state index in [0.717, 1.165) is 6.42 Å². The lowest BCUT2D eigenvalue weighted by molar-refractivity contribution is 0.0990. The Kier molecular flexibility index (Phi) is 3.24. The van der Waals surface area contributed by atoms with E-state index in [1.54, 1.807) is 12.3 Å². The highest BCUT2D eigenvalue weighted by atomic mass is 16.5. The predicted molar refractivity (Wildman–Crippen MR) is 54.8 cm³/mol. The van der Waals surface area contributed by atoms with Gasteiger partial charge in [-0.3, -0.25) is 5.43 Å². The minimum atomic E-state index is -0.222. The van der Waals surface area contributed by atoms with Crippen molar-refractivity contribution in [2.45, 2.75) is 32.8 Å². The topological polar surface area (TPSA) is 73.1 Å². The number of nitrogens with two attached hydrogens (primary N) is 1. The number of hydrazine groups is 1. The molecule has 0 atom stereocenters. The van der Waals surface area contributed by atoms with Crippen LogP contribution in [0.1, 0.15) is 27.2 Å². The van der Waals surface area contributed by atoms with E-state index in [9.17, 15) is 0 Å². The monoisotopic (exact) mass is 196 g/mol. The molecule has 78 valence electrons. The van der Waals surface area contributed by atoms with E-state index in [-0.39, 0.29) is 5.60 Å². The lowest BCUT2D eigenvalue weighted by Gasteiger charge is -2.23. The van der Waals surface area contributed by atoms with Crippen molar-refractivity contribution >= 4 is 5.95 Å². The Morgan fingerprint density at radius 1 is 1.57 bits per heavy atom. The van der Waals surface area contributed by atoms with Crippen molar-refractivity contribution in [2.75, 3.05) is 5.43 Å². The maximum absolute atomic E-state index is 5.65. The van der Waals surface area contributed by atoms with Gasteiger partial charge in [0.2, 0.25) is 11.8 Å². The summed E-state index contributed by atoms with van der Waals surface area (Å²) in [6, 6.07) is 1.71. The Bertz CT molecular complexity index is 301. The van der Waals surface area contributed by atoms with Crippen LogP contribution in [0, 0.1) is 0 Å². The van der Waals surface area contributed by atoms with E-state index >= 15 is 0 Å². The van der Waals surface area contributed by atoms with Gasteiger partial charge in [0.25, 0.3) is 0 Å². The fourth-order valence-corrected chi connectivity index (χ4v) is 0.824. The Labute approximate surface area is 83.7 Å². The molecule has 1 heterocycles. The van der Waals surface area contributed by atoms with Crippen LogP contribution in [0.2, 0.25) is 0 Å². The normalized spacial score (nSPS) is 11.1. The largest absolute Gasteiger partial charge is 0.472 e. The number of anilines is 1. The summed E-state index contributed by atoms with van der Waals surface area (Å²) in [6.07, 6.45) is 2.51. The quantitative estimate of drug-likeness (QED) is 0.561.